The van der Waals surface area contributed by atoms with E-state index in [4.69, 9.17) is 0 Å². The number of nitrogens with zero attached hydrogens (tertiary/aromatic N) is 1. The van der Waals surface area contributed by atoms with E-state index in [-0.39, 0.29) is 0 Å². The van der Waals surface area contributed by atoms with Crippen molar-refractivity contribution in [3.05, 3.63) is 30.3 Å². The van der Waals surface area contributed by atoms with Gasteiger partial charge in [-0.25, -0.2) is 8.78 Å². The highest BCUT2D eigenvalue weighted by molar-refractivity contribution is 5.46. The highest BCUT2D eigenvalue weighted by atomic mass is 19.3. The molecule has 1 aromatic rings. The zero-order chi connectivity index (χ0) is 12.3. The topological polar surface area (TPSA) is 15.3 Å². The smallest absolute Gasteiger partial charge is 0.256 e. The summed E-state index contributed by atoms with van der Waals surface area (Å²) in [5, 5.41) is 2.81. The Bertz CT molecular complexity index is 346. The molecule has 1 N–H and O–H groups in total. The highest BCUT2D eigenvalue weighted by Gasteiger charge is 2.41. The van der Waals surface area contributed by atoms with Gasteiger partial charge in [-0.05, 0) is 32.0 Å². The van der Waals surface area contributed by atoms with Gasteiger partial charge in [0.15, 0.2) is 0 Å². The predicted molar refractivity (Wildman–Crippen MR) is 65.7 cm³/mol. The molecule has 1 heterocycles. The molecule has 0 atom stereocenters. The fourth-order valence-corrected chi connectivity index (χ4v) is 2.38. The van der Waals surface area contributed by atoms with Gasteiger partial charge in [0, 0.05) is 18.8 Å². The average Bonchev–Trinajstić information content (AvgIpc) is 2.39. The largest absolute Gasteiger partial charge is 0.371 e. The van der Waals surface area contributed by atoms with Crippen LogP contribution < -0.4 is 10.2 Å². The van der Waals surface area contributed by atoms with Crippen molar-refractivity contribution in [1.82, 2.24) is 5.32 Å². The Morgan fingerprint density at radius 1 is 1.18 bits per heavy atom. The molecule has 0 unspecified atom stereocenters. The zero-order valence-electron chi connectivity index (χ0n) is 10.00. The highest BCUT2D eigenvalue weighted by Crippen LogP contribution is 2.30. The molecule has 1 aliphatic heterocycles. The minimum atomic E-state index is -2.30. The Kier molecular flexibility index (Phi) is 3.62. The number of rotatable bonds is 3. The van der Waals surface area contributed by atoms with Gasteiger partial charge in [-0.1, -0.05) is 18.2 Å². The van der Waals surface area contributed by atoms with E-state index in [1.54, 1.807) is 7.05 Å². The van der Waals surface area contributed by atoms with E-state index in [2.05, 4.69) is 10.2 Å². The monoisotopic (exact) mass is 240 g/mol. The van der Waals surface area contributed by atoms with Crippen LogP contribution in [0, 0.1) is 0 Å². The first-order valence-corrected chi connectivity index (χ1v) is 5.95. The van der Waals surface area contributed by atoms with Crippen LogP contribution in [0.25, 0.3) is 0 Å². The van der Waals surface area contributed by atoms with Gasteiger partial charge in [0.25, 0.3) is 6.43 Å². The Hall–Kier alpha value is -1.16. The van der Waals surface area contributed by atoms with Crippen molar-refractivity contribution in [1.29, 1.82) is 0 Å². The third-order valence-corrected chi connectivity index (χ3v) is 3.69. The van der Waals surface area contributed by atoms with Crippen LogP contribution in [0.2, 0.25) is 0 Å². The fraction of sp³-hybridized carbons (Fsp3) is 0.538. The summed E-state index contributed by atoms with van der Waals surface area (Å²) in [6.07, 6.45) is -1.34. The number of alkyl halides is 2. The second-order valence-corrected chi connectivity index (χ2v) is 4.53. The number of para-hydroxylation sites is 1. The maximum Gasteiger partial charge on any atom is 0.256 e. The number of piperidine rings is 1. The Labute approximate surface area is 101 Å². The van der Waals surface area contributed by atoms with Gasteiger partial charge in [-0.15, -0.1) is 0 Å². The van der Waals surface area contributed by atoms with Crippen molar-refractivity contribution in [2.75, 3.05) is 25.0 Å². The summed E-state index contributed by atoms with van der Waals surface area (Å²) in [6.45, 7) is 1.35. The summed E-state index contributed by atoms with van der Waals surface area (Å²) < 4.78 is 26.0. The molecule has 0 amide bonds. The van der Waals surface area contributed by atoms with E-state index in [1.807, 2.05) is 30.3 Å². The van der Waals surface area contributed by atoms with Crippen LogP contribution >= 0.6 is 0 Å². The molecular formula is C13H18F2N2. The first-order chi connectivity index (χ1) is 8.18. The van der Waals surface area contributed by atoms with E-state index in [0.717, 1.165) is 5.69 Å². The molecule has 2 rings (SSSR count). The van der Waals surface area contributed by atoms with Crippen molar-refractivity contribution in [3.63, 3.8) is 0 Å². The summed E-state index contributed by atoms with van der Waals surface area (Å²) in [5.74, 6) is 0. The Balaban J connectivity index is 2.03. The number of benzene rings is 1. The van der Waals surface area contributed by atoms with Crippen LogP contribution in [0.15, 0.2) is 30.3 Å². The molecule has 17 heavy (non-hydrogen) atoms. The van der Waals surface area contributed by atoms with Crippen molar-refractivity contribution >= 4 is 5.69 Å². The Morgan fingerprint density at radius 2 is 1.76 bits per heavy atom. The van der Waals surface area contributed by atoms with Gasteiger partial charge >= 0.3 is 0 Å². The molecule has 94 valence electrons. The van der Waals surface area contributed by atoms with E-state index in [0.29, 0.717) is 25.9 Å². The number of anilines is 1. The molecule has 1 saturated heterocycles. The van der Waals surface area contributed by atoms with Crippen LogP contribution in [-0.4, -0.2) is 32.1 Å². The third kappa shape index (κ3) is 2.41. The number of hydrogen-bond donors (Lipinski definition) is 1. The van der Waals surface area contributed by atoms with Crippen molar-refractivity contribution in [3.8, 4) is 0 Å². The van der Waals surface area contributed by atoms with Gasteiger partial charge in [-0.3, -0.25) is 0 Å². The van der Waals surface area contributed by atoms with Gasteiger partial charge < -0.3 is 10.2 Å². The van der Waals surface area contributed by atoms with Crippen LogP contribution in [-0.2, 0) is 0 Å². The van der Waals surface area contributed by atoms with Crippen LogP contribution in [0.1, 0.15) is 12.8 Å². The molecule has 1 fully saturated rings. The predicted octanol–water partition coefficient (Wildman–Crippen LogP) is 2.51. The average molecular weight is 240 g/mol. The van der Waals surface area contributed by atoms with Gasteiger partial charge in [0.2, 0.25) is 0 Å². The van der Waals surface area contributed by atoms with Crippen molar-refractivity contribution in [2.45, 2.75) is 24.8 Å². The minimum Gasteiger partial charge on any atom is -0.371 e. The lowest BCUT2D eigenvalue weighted by Crippen LogP contribution is -2.56. The lowest BCUT2D eigenvalue weighted by molar-refractivity contribution is 0.0192. The Morgan fingerprint density at radius 3 is 2.24 bits per heavy atom. The van der Waals surface area contributed by atoms with Gasteiger partial charge in [0.1, 0.15) is 0 Å². The first kappa shape index (κ1) is 12.3. The molecule has 1 aromatic carbocycles. The number of halogens is 2. The lowest BCUT2D eigenvalue weighted by atomic mass is 9.88. The standard InChI is InChI=1S/C13H18F2N2/c1-16-13(12(14)15)7-9-17(10-8-13)11-5-3-2-4-6-11/h2-6,12,16H,7-10H2,1H3. The SMILES string of the molecule is CNC1(C(F)F)CCN(c2ccccc2)CC1. The maximum atomic E-state index is 13.0. The molecule has 0 radical (unpaired) electrons. The summed E-state index contributed by atoms with van der Waals surface area (Å²) >= 11 is 0. The van der Waals surface area contributed by atoms with Gasteiger partial charge in [0.05, 0.1) is 5.54 Å². The zero-order valence-corrected chi connectivity index (χ0v) is 10.00. The maximum absolute atomic E-state index is 13.0. The fourth-order valence-electron chi connectivity index (χ4n) is 2.38. The summed E-state index contributed by atoms with van der Waals surface area (Å²) in [5.41, 5.74) is 0.122. The van der Waals surface area contributed by atoms with Crippen LogP contribution in [0.3, 0.4) is 0 Å². The van der Waals surface area contributed by atoms with E-state index < -0.39 is 12.0 Å². The van der Waals surface area contributed by atoms with E-state index in [9.17, 15) is 8.78 Å². The summed E-state index contributed by atoms with van der Waals surface area (Å²) in [7, 11) is 1.63. The van der Waals surface area contributed by atoms with E-state index in [1.165, 1.54) is 0 Å². The van der Waals surface area contributed by atoms with Crippen LogP contribution in [0.5, 0.6) is 0 Å². The third-order valence-electron chi connectivity index (χ3n) is 3.69. The normalized spacial score (nSPS) is 19.6. The quantitative estimate of drug-likeness (QED) is 0.873. The second kappa shape index (κ2) is 5.00. The number of hydrogen-bond acceptors (Lipinski definition) is 2. The molecule has 0 saturated carbocycles. The molecule has 0 aromatic heterocycles. The molecule has 0 spiro atoms. The summed E-state index contributed by atoms with van der Waals surface area (Å²) in [4.78, 5) is 2.16. The molecule has 0 bridgehead atoms. The molecular weight excluding hydrogens is 222 g/mol. The molecule has 4 heteroatoms. The van der Waals surface area contributed by atoms with Crippen molar-refractivity contribution < 1.29 is 8.78 Å². The number of nitrogens with one attached hydrogen (secondary N) is 1. The minimum absolute atomic E-state index is 0.482. The van der Waals surface area contributed by atoms with Gasteiger partial charge in [-0.2, -0.15) is 0 Å². The van der Waals surface area contributed by atoms with E-state index >= 15 is 0 Å². The lowest BCUT2D eigenvalue weighted by Gasteiger charge is -2.42. The summed E-state index contributed by atoms with van der Waals surface area (Å²) in [6, 6.07) is 9.96. The first-order valence-electron chi connectivity index (χ1n) is 5.95. The molecule has 0 aliphatic carbocycles. The molecule has 2 nitrogen and oxygen atoms in total. The molecule has 1 aliphatic rings. The van der Waals surface area contributed by atoms with Crippen molar-refractivity contribution in [2.24, 2.45) is 0 Å². The van der Waals surface area contributed by atoms with Crippen LogP contribution in [0.4, 0.5) is 14.5 Å². The second-order valence-electron chi connectivity index (χ2n) is 4.53.